The van der Waals surface area contributed by atoms with Gasteiger partial charge in [0.15, 0.2) is 5.78 Å². The molecule has 1 aliphatic heterocycles. The summed E-state index contributed by atoms with van der Waals surface area (Å²) in [7, 11) is 0. The molecule has 1 aromatic carbocycles. The van der Waals surface area contributed by atoms with E-state index in [0.29, 0.717) is 0 Å². The molecule has 0 N–H and O–H groups in total. The first-order chi connectivity index (χ1) is 8.29. The lowest BCUT2D eigenvalue weighted by atomic mass is 10.1. The minimum Gasteiger partial charge on any atom is -0.378 e. The number of allylic oxidation sites excluding steroid dienone is 1. The van der Waals surface area contributed by atoms with Crippen LogP contribution in [0, 0.1) is 0 Å². The standard InChI is InChI=1S/C14H15NO2/c1-10-13(15-6-8-17-9-7-15)11-4-2-3-5-12(11)14(10)16/h2-5H,6-9H2,1H3. The smallest absolute Gasteiger partial charge is 0.191 e. The molecule has 0 unspecified atom stereocenters. The van der Waals surface area contributed by atoms with Crippen LogP contribution < -0.4 is 0 Å². The minimum atomic E-state index is 0.169. The van der Waals surface area contributed by atoms with E-state index in [1.807, 2.05) is 31.2 Å². The van der Waals surface area contributed by atoms with Crippen molar-refractivity contribution in [1.82, 2.24) is 4.90 Å². The predicted octanol–water partition coefficient (Wildman–Crippen LogP) is 1.95. The number of benzene rings is 1. The third kappa shape index (κ3) is 1.58. The Labute approximate surface area is 101 Å². The highest BCUT2D eigenvalue weighted by atomic mass is 16.5. The molecule has 1 aliphatic carbocycles. The molecule has 3 heteroatoms. The Morgan fingerprint density at radius 2 is 1.76 bits per heavy atom. The van der Waals surface area contributed by atoms with Gasteiger partial charge in [0.1, 0.15) is 0 Å². The summed E-state index contributed by atoms with van der Waals surface area (Å²) in [5, 5.41) is 0. The minimum absolute atomic E-state index is 0.169. The van der Waals surface area contributed by atoms with E-state index in [4.69, 9.17) is 4.74 Å². The Morgan fingerprint density at radius 3 is 2.47 bits per heavy atom. The van der Waals surface area contributed by atoms with E-state index in [9.17, 15) is 4.79 Å². The van der Waals surface area contributed by atoms with Gasteiger partial charge in [0.25, 0.3) is 0 Å². The predicted molar refractivity (Wildman–Crippen MR) is 65.8 cm³/mol. The van der Waals surface area contributed by atoms with Gasteiger partial charge in [-0.05, 0) is 6.92 Å². The number of hydrogen-bond acceptors (Lipinski definition) is 3. The number of hydrogen-bond donors (Lipinski definition) is 0. The first kappa shape index (κ1) is 10.5. The van der Waals surface area contributed by atoms with Crippen molar-refractivity contribution in [2.45, 2.75) is 6.92 Å². The molecule has 1 heterocycles. The molecule has 0 bridgehead atoms. The van der Waals surface area contributed by atoms with Crippen molar-refractivity contribution in [2.24, 2.45) is 0 Å². The molecule has 1 fully saturated rings. The van der Waals surface area contributed by atoms with Crippen LogP contribution in [-0.4, -0.2) is 37.0 Å². The highest BCUT2D eigenvalue weighted by molar-refractivity contribution is 6.19. The number of morpholine rings is 1. The molecule has 0 amide bonds. The molecule has 3 nitrogen and oxygen atoms in total. The third-order valence-corrected chi connectivity index (χ3v) is 3.45. The Balaban J connectivity index is 2.06. The second-order valence-corrected chi connectivity index (χ2v) is 4.45. The van der Waals surface area contributed by atoms with E-state index in [1.165, 1.54) is 0 Å². The van der Waals surface area contributed by atoms with Crippen LogP contribution in [0.1, 0.15) is 22.8 Å². The SMILES string of the molecule is CC1=C(N2CCOCC2)c2ccccc2C1=O. The van der Waals surface area contributed by atoms with Crippen molar-refractivity contribution in [3.8, 4) is 0 Å². The molecule has 1 aromatic rings. The molecule has 0 atom stereocenters. The molecule has 0 saturated carbocycles. The Hall–Kier alpha value is -1.61. The number of rotatable bonds is 1. The van der Waals surface area contributed by atoms with Crippen molar-refractivity contribution in [3.05, 3.63) is 41.0 Å². The van der Waals surface area contributed by atoms with Gasteiger partial charge in [0.05, 0.1) is 18.9 Å². The molecule has 17 heavy (non-hydrogen) atoms. The largest absolute Gasteiger partial charge is 0.378 e. The Morgan fingerprint density at radius 1 is 1.12 bits per heavy atom. The van der Waals surface area contributed by atoms with E-state index in [-0.39, 0.29) is 5.78 Å². The lowest BCUT2D eigenvalue weighted by molar-refractivity contribution is 0.0637. The monoisotopic (exact) mass is 229 g/mol. The molecule has 0 aromatic heterocycles. The van der Waals surface area contributed by atoms with Crippen LogP contribution in [0.2, 0.25) is 0 Å². The van der Waals surface area contributed by atoms with E-state index < -0.39 is 0 Å². The fourth-order valence-electron chi connectivity index (χ4n) is 2.59. The second-order valence-electron chi connectivity index (χ2n) is 4.45. The molecular weight excluding hydrogens is 214 g/mol. The van der Waals surface area contributed by atoms with Crippen molar-refractivity contribution < 1.29 is 9.53 Å². The van der Waals surface area contributed by atoms with Crippen LogP contribution in [0.25, 0.3) is 5.70 Å². The van der Waals surface area contributed by atoms with Gasteiger partial charge in [-0.3, -0.25) is 4.79 Å². The summed E-state index contributed by atoms with van der Waals surface area (Å²) in [5.41, 5.74) is 3.89. The second kappa shape index (κ2) is 4.00. The normalized spacial score (nSPS) is 19.8. The average molecular weight is 229 g/mol. The summed E-state index contributed by atoms with van der Waals surface area (Å²) < 4.78 is 5.36. The molecule has 0 radical (unpaired) electrons. The molecule has 3 rings (SSSR count). The Bertz CT molecular complexity index is 499. The maximum atomic E-state index is 12.1. The summed E-state index contributed by atoms with van der Waals surface area (Å²) in [6, 6.07) is 7.86. The van der Waals surface area contributed by atoms with Crippen molar-refractivity contribution in [2.75, 3.05) is 26.3 Å². The summed E-state index contributed by atoms with van der Waals surface area (Å²) >= 11 is 0. The van der Waals surface area contributed by atoms with Gasteiger partial charge in [-0.2, -0.15) is 0 Å². The highest BCUT2D eigenvalue weighted by Crippen LogP contribution is 2.35. The van der Waals surface area contributed by atoms with Gasteiger partial charge in [-0.15, -0.1) is 0 Å². The van der Waals surface area contributed by atoms with Crippen molar-refractivity contribution in [1.29, 1.82) is 0 Å². The van der Waals surface area contributed by atoms with Gasteiger partial charge < -0.3 is 9.64 Å². The zero-order valence-corrected chi connectivity index (χ0v) is 9.90. The van der Waals surface area contributed by atoms with E-state index >= 15 is 0 Å². The average Bonchev–Trinajstić information content (AvgIpc) is 2.64. The fourth-order valence-corrected chi connectivity index (χ4v) is 2.59. The maximum Gasteiger partial charge on any atom is 0.191 e. The Kier molecular flexibility index (Phi) is 2.48. The highest BCUT2D eigenvalue weighted by Gasteiger charge is 2.30. The summed E-state index contributed by atoms with van der Waals surface area (Å²) in [6.45, 7) is 5.15. The lowest BCUT2D eigenvalue weighted by Crippen LogP contribution is -2.35. The lowest BCUT2D eigenvalue weighted by Gasteiger charge is -2.30. The maximum absolute atomic E-state index is 12.1. The van der Waals surface area contributed by atoms with Crippen LogP contribution in [0.3, 0.4) is 0 Å². The molecular formula is C14H15NO2. The molecule has 1 saturated heterocycles. The van der Waals surface area contributed by atoms with Crippen LogP contribution in [0.4, 0.5) is 0 Å². The van der Waals surface area contributed by atoms with Gasteiger partial charge in [-0.1, -0.05) is 24.3 Å². The van der Waals surface area contributed by atoms with E-state index in [1.54, 1.807) is 0 Å². The number of nitrogens with zero attached hydrogens (tertiary/aromatic N) is 1. The molecule has 88 valence electrons. The number of carbonyl (C=O) groups excluding carboxylic acids is 1. The van der Waals surface area contributed by atoms with Crippen molar-refractivity contribution >= 4 is 11.5 Å². The van der Waals surface area contributed by atoms with E-state index in [2.05, 4.69) is 4.90 Å². The van der Waals surface area contributed by atoms with Crippen LogP contribution in [0.15, 0.2) is 29.8 Å². The van der Waals surface area contributed by atoms with Crippen molar-refractivity contribution in [3.63, 3.8) is 0 Å². The van der Waals surface area contributed by atoms with Gasteiger partial charge in [0.2, 0.25) is 0 Å². The van der Waals surface area contributed by atoms with Crippen LogP contribution in [0.5, 0.6) is 0 Å². The first-order valence-electron chi connectivity index (χ1n) is 5.96. The van der Waals surface area contributed by atoms with Gasteiger partial charge in [0, 0.05) is 29.8 Å². The molecule has 0 spiro atoms. The zero-order chi connectivity index (χ0) is 11.8. The van der Waals surface area contributed by atoms with Crippen LogP contribution >= 0.6 is 0 Å². The topological polar surface area (TPSA) is 29.5 Å². The number of carbonyl (C=O) groups is 1. The number of Topliss-reactive ketones (excluding diaryl/α,β-unsaturated/α-hetero) is 1. The molecule has 2 aliphatic rings. The number of ketones is 1. The fraction of sp³-hybridized carbons (Fsp3) is 0.357. The van der Waals surface area contributed by atoms with E-state index in [0.717, 1.165) is 48.7 Å². The van der Waals surface area contributed by atoms with Crippen LogP contribution in [-0.2, 0) is 4.74 Å². The first-order valence-corrected chi connectivity index (χ1v) is 5.96. The summed E-state index contributed by atoms with van der Waals surface area (Å²) in [5.74, 6) is 0.169. The third-order valence-electron chi connectivity index (χ3n) is 3.45. The quantitative estimate of drug-likeness (QED) is 0.737. The zero-order valence-electron chi connectivity index (χ0n) is 9.90. The summed E-state index contributed by atoms with van der Waals surface area (Å²) in [4.78, 5) is 14.4. The van der Waals surface area contributed by atoms with Gasteiger partial charge in [-0.25, -0.2) is 0 Å². The number of ether oxygens (including phenoxy) is 1. The van der Waals surface area contributed by atoms with Gasteiger partial charge >= 0.3 is 0 Å². The number of fused-ring (bicyclic) bond motifs is 1. The summed E-state index contributed by atoms with van der Waals surface area (Å²) in [6.07, 6.45) is 0.